The molecule has 408 valence electrons. The van der Waals surface area contributed by atoms with Gasteiger partial charge in [0, 0.05) is 43.9 Å². The van der Waals surface area contributed by atoms with Gasteiger partial charge in [0.1, 0.15) is 24.4 Å². The van der Waals surface area contributed by atoms with Gasteiger partial charge >= 0.3 is 6.03 Å². The van der Waals surface area contributed by atoms with Gasteiger partial charge < -0.3 is 50.2 Å². The van der Waals surface area contributed by atoms with E-state index in [9.17, 15) is 37.5 Å². The van der Waals surface area contributed by atoms with Crippen molar-refractivity contribution in [1.82, 2.24) is 40.3 Å². The zero-order valence-electron chi connectivity index (χ0n) is 43.6. The van der Waals surface area contributed by atoms with Crippen molar-refractivity contribution in [2.75, 3.05) is 71.3 Å². The Balaban J connectivity index is 0.740. The minimum atomic E-state index is -4.42. The summed E-state index contributed by atoms with van der Waals surface area (Å²) in [4.78, 5) is 73.4. The third kappa shape index (κ3) is 15.0. The van der Waals surface area contributed by atoms with E-state index >= 15 is 0 Å². The third-order valence-corrected chi connectivity index (χ3v) is 15.4. The van der Waals surface area contributed by atoms with E-state index in [1.807, 2.05) is 31.2 Å². The Morgan fingerprint density at radius 3 is 2.08 bits per heavy atom. The summed E-state index contributed by atoms with van der Waals surface area (Å²) < 4.78 is 52.3. The molecule has 2 aliphatic carbocycles. The zero-order valence-corrected chi connectivity index (χ0v) is 45.3. The lowest BCUT2D eigenvalue weighted by Gasteiger charge is -2.35. The number of carbonyl (C=O) groups is 5. The van der Waals surface area contributed by atoms with Crippen LogP contribution >= 0.6 is 11.3 Å². The highest BCUT2D eigenvalue weighted by Crippen LogP contribution is 2.39. The molecule has 0 saturated carbocycles. The fourth-order valence-corrected chi connectivity index (χ4v) is 11.2. The number of nitrogens with zero attached hydrogens (tertiary/aromatic N) is 4. The van der Waals surface area contributed by atoms with E-state index in [-0.39, 0.29) is 90.6 Å². The Kier molecular flexibility index (Phi) is 19.6. The Labute approximate surface area is 442 Å². The second-order valence-electron chi connectivity index (χ2n) is 20.3. The number of β-amino-alcohol motifs (C(OH)–C–C–N with tert-alkyl or cyclic N) is 1. The maximum absolute atomic E-state index is 13.9. The van der Waals surface area contributed by atoms with Crippen LogP contribution in [0, 0.1) is 12.3 Å². The summed E-state index contributed by atoms with van der Waals surface area (Å²) in [5, 5.41) is 25.5. The predicted molar refractivity (Wildman–Crippen MR) is 280 cm³/mol. The number of rotatable bonds is 25. The van der Waals surface area contributed by atoms with Gasteiger partial charge in [-0.05, 0) is 98.1 Å². The average Bonchev–Trinajstić information content (AvgIpc) is 4.23. The molecule has 1 fully saturated rings. The molecule has 0 unspecified atom stereocenters. The van der Waals surface area contributed by atoms with Gasteiger partial charge in [-0.3, -0.25) is 23.9 Å². The molecule has 6 N–H and O–H groups in total. The molecule has 7 rings (SSSR count). The van der Waals surface area contributed by atoms with Crippen LogP contribution in [0.15, 0.2) is 46.9 Å². The average molecular weight is 1080 g/mol. The number of benzene rings is 2. The maximum atomic E-state index is 13.9. The number of hydrogen-bond acceptors (Lipinski definition) is 15. The largest absolute Gasteiger partial charge is 0.391 e. The number of aromatic nitrogens is 3. The van der Waals surface area contributed by atoms with E-state index in [1.165, 1.54) is 20.7 Å². The number of aliphatic hydroxyl groups excluding tert-OH is 1. The summed E-state index contributed by atoms with van der Waals surface area (Å²) in [6, 6.07) is 8.02. The van der Waals surface area contributed by atoms with Crippen molar-refractivity contribution in [3.05, 3.63) is 81.1 Å². The smallest absolute Gasteiger partial charge is 0.333 e. The SMILES string of the molecule is Cc1ncsc1-c1ccc(CNC(=O)[C@@H]2C[C@@H](O)CN2C(=O)[C@@H](NC(=O)COCCOCCOCCOCCNC(=O)c2cc(S(=O)(=O)NC(=O)Nc3c4c(cc5c3CCC5)CCC4)nn2C(C)C)C(C)(C)C)cc1. The highest BCUT2D eigenvalue weighted by atomic mass is 32.2. The number of amides is 6. The summed E-state index contributed by atoms with van der Waals surface area (Å²) >= 11 is 1.56. The van der Waals surface area contributed by atoms with Crippen LogP contribution < -0.4 is 26.0 Å². The number of anilines is 1. The first-order valence-corrected chi connectivity index (χ1v) is 27.9. The van der Waals surface area contributed by atoms with Gasteiger partial charge in [-0.2, -0.15) is 13.5 Å². The minimum Gasteiger partial charge on any atom is -0.391 e. The van der Waals surface area contributed by atoms with Crippen LogP contribution in [0.4, 0.5) is 10.5 Å². The van der Waals surface area contributed by atoms with E-state index in [0.29, 0.717) is 5.69 Å². The number of likely N-dealkylation sites (tertiary alicyclic amines) is 1. The Morgan fingerprint density at radius 1 is 0.853 bits per heavy atom. The molecule has 2 aromatic heterocycles. The van der Waals surface area contributed by atoms with Crippen molar-refractivity contribution < 1.29 is 56.4 Å². The third-order valence-electron chi connectivity index (χ3n) is 13.2. The number of sulfonamides is 1. The van der Waals surface area contributed by atoms with Gasteiger partial charge in [0.25, 0.3) is 15.9 Å². The van der Waals surface area contributed by atoms with Crippen LogP contribution in [-0.2, 0) is 75.6 Å². The Morgan fingerprint density at radius 2 is 1.48 bits per heavy atom. The molecule has 2 aromatic carbocycles. The minimum absolute atomic E-state index is 0.0113. The molecule has 1 saturated heterocycles. The van der Waals surface area contributed by atoms with Crippen LogP contribution in [0.2, 0.25) is 0 Å². The van der Waals surface area contributed by atoms with E-state index in [2.05, 4.69) is 42.1 Å². The lowest BCUT2D eigenvalue weighted by Crippen LogP contribution is -2.58. The Bertz CT molecular complexity index is 2740. The van der Waals surface area contributed by atoms with Crippen LogP contribution in [0.3, 0.4) is 0 Å². The van der Waals surface area contributed by atoms with Crippen molar-refractivity contribution in [1.29, 1.82) is 0 Å². The fraction of sp³-hybridized carbons (Fsp3) is 0.558. The highest BCUT2D eigenvalue weighted by molar-refractivity contribution is 7.90. The monoisotopic (exact) mass is 1080 g/mol. The number of aliphatic hydroxyl groups is 1. The van der Waals surface area contributed by atoms with Crippen LogP contribution in [-0.4, -0.2) is 147 Å². The standard InChI is InChI=1S/C52H71N9O12S2/c1-32(2)61-42(27-44(58-61)75(68,69)59-51(67)57-45-39-11-7-9-36(39)25-37-10-8-12-40(37)45)49(65)53-17-18-70-19-20-71-21-22-72-23-24-73-30-43(63)56-47(52(4,5)6)50(66)60-29-38(62)26-41(60)48(64)54-28-34-13-15-35(16-14-34)46-33(3)55-31-74-46/h13-16,25,27,31-32,38,41,47,62H,7-12,17-24,26,28-30H2,1-6H3,(H,53,65)(H,54,64)(H,56,63)(H2,57,59,67)/t38-,41+,47-/m1/s1. The normalized spacial score (nSPS) is 16.7. The molecule has 75 heavy (non-hydrogen) atoms. The first kappa shape index (κ1) is 56.9. The van der Waals surface area contributed by atoms with Gasteiger partial charge in [-0.15, -0.1) is 11.3 Å². The lowest BCUT2D eigenvalue weighted by molar-refractivity contribution is -0.144. The van der Waals surface area contributed by atoms with Crippen molar-refractivity contribution in [3.8, 4) is 10.4 Å². The first-order valence-electron chi connectivity index (χ1n) is 25.5. The number of urea groups is 1. The molecule has 3 heterocycles. The summed E-state index contributed by atoms with van der Waals surface area (Å²) in [6.07, 6.45) is 4.65. The molecular formula is C52H71N9O12S2. The van der Waals surface area contributed by atoms with Crippen LogP contribution in [0.25, 0.3) is 10.4 Å². The topological polar surface area (TPSA) is 271 Å². The second-order valence-corrected chi connectivity index (χ2v) is 22.8. The van der Waals surface area contributed by atoms with Crippen molar-refractivity contribution in [2.24, 2.45) is 5.41 Å². The van der Waals surface area contributed by atoms with Gasteiger partial charge in [-0.1, -0.05) is 51.1 Å². The summed E-state index contributed by atoms with van der Waals surface area (Å²) in [5.74, 6) is -1.94. The predicted octanol–water partition coefficient (Wildman–Crippen LogP) is 3.99. The fourth-order valence-electron chi connectivity index (χ4n) is 9.48. The van der Waals surface area contributed by atoms with Gasteiger partial charge in [0.15, 0.2) is 5.03 Å². The second kappa shape index (κ2) is 25.8. The van der Waals surface area contributed by atoms with Crippen LogP contribution in [0.1, 0.15) is 104 Å². The lowest BCUT2D eigenvalue weighted by atomic mass is 9.85. The highest BCUT2D eigenvalue weighted by Gasteiger charge is 2.44. The van der Waals surface area contributed by atoms with Crippen LogP contribution in [0.5, 0.6) is 0 Å². The number of fused-ring (bicyclic) bond motifs is 2. The zero-order chi connectivity index (χ0) is 53.9. The molecule has 0 bridgehead atoms. The quantitative estimate of drug-likeness (QED) is 0.0513. The summed E-state index contributed by atoms with van der Waals surface area (Å²) in [6.45, 7) is 12.3. The molecule has 1 aliphatic heterocycles. The van der Waals surface area contributed by atoms with E-state index in [4.69, 9.17) is 18.9 Å². The van der Waals surface area contributed by atoms with Gasteiger partial charge in [-0.25, -0.2) is 14.5 Å². The first-order chi connectivity index (χ1) is 35.8. The van der Waals surface area contributed by atoms with Crippen molar-refractivity contribution in [2.45, 2.75) is 122 Å². The molecule has 3 atom stereocenters. The maximum Gasteiger partial charge on any atom is 0.333 e. The van der Waals surface area contributed by atoms with E-state index in [0.717, 1.165) is 77.4 Å². The number of carbonyl (C=O) groups excluding carboxylic acids is 5. The molecular weight excluding hydrogens is 1010 g/mol. The number of hydrogen-bond donors (Lipinski definition) is 6. The molecule has 0 spiro atoms. The molecule has 6 amide bonds. The molecule has 21 nitrogen and oxygen atoms in total. The molecule has 23 heteroatoms. The molecule has 4 aromatic rings. The summed E-state index contributed by atoms with van der Waals surface area (Å²) in [7, 11) is -4.42. The van der Waals surface area contributed by atoms with E-state index in [1.54, 1.807) is 51.5 Å². The molecule has 0 radical (unpaired) electrons. The van der Waals surface area contributed by atoms with Gasteiger partial charge in [0.05, 0.1) is 68.4 Å². The Hall–Kier alpha value is -5.82. The van der Waals surface area contributed by atoms with Crippen molar-refractivity contribution >= 4 is 56.7 Å². The van der Waals surface area contributed by atoms with Crippen molar-refractivity contribution in [3.63, 3.8) is 0 Å². The number of thiazole rings is 1. The number of nitrogens with one attached hydrogen (secondary N) is 5. The van der Waals surface area contributed by atoms with Gasteiger partial charge in [0.2, 0.25) is 17.7 Å². The number of ether oxygens (including phenoxy) is 4. The molecule has 3 aliphatic rings. The van der Waals surface area contributed by atoms with E-state index < -0.39 is 68.3 Å². The number of aryl methyl sites for hydroxylation is 3. The summed E-state index contributed by atoms with van der Waals surface area (Å²) in [5.41, 5.74) is 9.19.